The highest BCUT2D eigenvalue weighted by Gasteiger charge is 2.23. The average Bonchev–Trinajstić information content (AvgIpc) is 2.48. The zero-order valence-corrected chi connectivity index (χ0v) is 13.5. The minimum absolute atomic E-state index is 0.0957. The van der Waals surface area contributed by atoms with Crippen molar-refractivity contribution in [1.82, 2.24) is 4.72 Å². The van der Waals surface area contributed by atoms with Crippen LogP contribution in [0.1, 0.15) is 37.7 Å². The number of benzene rings is 1. The van der Waals surface area contributed by atoms with Crippen molar-refractivity contribution in [2.75, 3.05) is 6.54 Å². The first-order chi connectivity index (χ1) is 9.96. The summed E-state index contributed by atoms with van der Waals surface area (Å²) in [5, 5.41) is 10.7. The van der Waals surface area contributed by atoms with Crippen LogP contribution in [0.15, 0.2) is 24.3 Å². The highest BCUT2D eigenvalue weighted by molar-refractivity contribution is 7.88. The van der Waals surface area contributed by atoms with Gasteiger partial charge in [-0.05, 0) is 36.5 Å². The zero-order valence-electron chi connectivity index (χ0n) is 12.0. The Hall–Kier alpha value is -0.620. The van der Waals surface area contributed by atoms with Gasteiger partial charge in [0.15, 0.2) is 0 Å². The Kier molecular flexibility index (Phi) is 6.05. The van der Waals surface area contributed by atoms with Crippen molar-refractivity contribution in [2.24, 2.45) is 5.92 Å². The van der Waals surface area contributed by atoms with Crippen LogP contribution in [0.3, 0.4) is 0 Å². The zero-order chi connectivity index (χ0) is 15.3. The quantitative estimate of drug-likeness (QED) is 0.842. The van der Waals surface area contributed by atoms with Crippen LogP contribution in [0.2, 0.25) is 5.02 Å². The maximum Gasteiger partial charge on any atom is 0.215 e. The van der Waals surface area contributed by atoms with Crippen molar-refractivity contribution >= 4 is 21.6 Å². The molecule has 2 N–H and O–H groups in total. The van der Waals surface area contributed by atoms with E-state index < -0.39 is 16.1 Å². The first kappa shape index (κ1) is 16.7. The van der Waals surface area contributed by atoms with E-state index in [0.717, 1.165) is 25.7 Å². The molecule has 0 spiro atoms. The van der Waals surface area contributed by atoms with E-state index in [9.17, 15) is 13.5 Å². The highest BCUT2D eigenvalue weighted by Crippen LogP contribution is 2.26. The smallest absolute Gasteiger partial charge is 0.215 e. The molecule has 0 aromatic heterocycles. The molecular formula is C15H22ClNO3S. The summed E-state index contributed by atoms with van der Waals surface area (Å²) in [6.07, 6.45) is 4.84. The van der Waals surface area contributed by atoms with E-state index in [1.807, 2.05) is 0 Å². The van der Waals surface area contributed by atoms with Gasteiger partial charge in [-0.15, -0.1) is 0 Å². The Morgan fingerprint density at radius 3 is 2.43 bits per heavy atom. The van der Waals surface area contributed by atoms with Crippen LogP contribution in [-0.2, 0) is 15.8 Å². The van der Waals surface area contributed by atoms with Crippen molar-refractivity contribution in [3.8, 4) is 0 Å². The number of hydrogen-bond acceptors (Lipinski definition) is 3. The minimum Gasteiger partial charge on any atom is -0.391 e. The fourth-order valence-electron chi connectivity index (χ4n) is 2.75. The van der Waals surface area contributed by atoms with Gasteiger partial charge in [-0.3, -0.25) is 0 Å². The molecule has 1 aromatic rings. The topological polar surface area (TPSA) is 66.4 Å². The highest BCUT2D eigenvalue weighted by atomic mass is 35.5. The predicted octanol–water partition coefficient (Wildman–Crippen LogP) is 2.70. The van der Waals surface area contributed by atoms with Gasteiger partial charge in [0.25, 0.3) is 0 Å². The second kappa shape index (κ2) is 7.58. The maximum atomic E-state index is 12.0. The lowest BCUT2D eigenvalue weighted by Crippen LogP contribution is -2.37. The summed E-state index contributed by atoms with van der Waals surface area (Å²) in [6.45, 7) is 0.0978. The number of halogens is 1. The lowest BCUT2D eigenvalue weighted by molar-refractivity contribution is 0.0888. The number of hydrogen-bond donors (Lipinski definition) is 2. The van der Waals surface area contributed by atoms with Crippen LogP contribution in [0.5, 0.6) is 0 Å². The lowest BCUT2D eigenvalue weighted by atomic mass is 9.85. The molecule has 0 amide bonds. The van der Waals surface area contributed by atoms with E-state index in [4.69, 9.17) is 11.6 Å². The number of aliphatic hydroxyl groups is 1. The van der Waals surface area contributed by atoms with Crippen LogP contribution in [0.4, 0.5) is 0 Å². The summed E-state index contributed by atoms with van der Waals surface area (Å²) < 4.78 is 26.5. The van der Waals surface area contributed by atoms with Crippen LogP contribution >= 0.6 is 11.6 Å². The molecule has 1 aromatic carbocycles. The molecule has 2 rings (SSSR count). The van der Waals surface area contributed by atoms with Crippen molar-refractivity contribution in [3.05, 3.63) is 34.9 Å². The van der Waals surface area contributed by atoms with Crippen LogP contribution in [0, 0.1) is 5.92 Å². The van der Waals surface area contributed by atoms with Gasteiger partial charge in [0.1, 0.15) is 0 Å². The molecule has 21 heavy (non-hydrogen) atoms. The summed E-state index contributed by atoms with van der Waals surface area (Å²) in [7, 11) is -3.43. The third kappa shape index (κ3) is 5.58. The number of sulfonamides is 1. The second-order valence-corrected chi connectivity index (χ2v) is 7.94. The summed E-state index contributed by atoms with van der Waals surface area (Å²) in [5.41, 5.74) is 0.680. The fourth-order valence-corrected chi connectivity index (χ4v) is 4.03. The van der Waals surface area contributed by atoms with Gasteiger partial charge in [-0.25, -0.2) is 13.1 Å². The first-order valence-corrected chi connectivity index (χ1v) is 9.39. The monoisotopic (exact) mass is 331 g/mol. The van der Waals surface area contributed by atoms with Gasteiger partial charge in [-0.2, -0.15) is 0 Å². The van der Waals surface area contributed by atoms with Crippen molar-refractivity contribution in [2.45, 2.75) is 44.0 Å². The predicted molar refractivity (Wildman–Crippen MR) is 84.7 cm³/mol. The molecule has 0 saturated heterocycles. The van der Waals surface area contributed by atoms with Crippen molar-refractivity contribution in [1.29, 1.82) is 0 Å². The number of aliphatic hydroxyl groups excluding tert-OH is 1. The molecule has 118 valence electrons. The van der Waals surface area contributed by atoms with Crippen LogP contribution in [0.25, 0.3) is 0 Å². The summed E-state index contributed by atoms with van der Waals surface area (Å²) in [4.78, 5) is 0. The normalized spacial score (nSPS) is 18.6. The molecule has 0 aliphatic heterocycles. The second-order valence-electron chi connectivity index (χ2n) is 5.70. The Labute approximate surface area is 131 Å². The molecule has 1 saturated carbocycles. The van der Waals surface area contributed by atoms with Gasteiger partial charge in [0.05, 0.1) is 11.9 Å². The van der Waals surface area contributed by atoms with E-state index in [1.54, 1.807) is 24.3 Å². The van der Waals surface area contributed by atoms with Gasteiger partial charge in [0, 0.05) is 11.6 Å². The molecule has 0 heterocycles. The molecule has 6 heteroatoms. The summed E-state index contributed by atoms with van der Waals surface area (Å²) >= 11 is 5.77. The van der Waals surface area contributed by atoms with E-state index in [1.165, 1.54) is 6.42 Å². The van der Waals surface area contributed by atoms with Gasteiger partial charge >= 0.3 is 0 Å². The number of nitrogens with one attached hydrogen (secondary N) is 1. The largest absolute Gasteiger partial charge is 0.391 e. The van der Waals surface area contributed by atoms with Crippen molar-refractivity contribution < 1.29 is 13.5 Å². The molecule has 1 atom stereocenters. The SMILES string of the molecule is O=S(=O)(Cc1ccc(Cl)cc1)NC[C@@H](O)C1CCCCC1. The van der Waals surface area contributed by atoms with Crippen LogP contribution < -0.4 is 4.72 Å². The van der Waals surface area contributed by atoms with Gasteiger partial charge in [0.2, 0.25) is 10.0 Å². The minimum atomic E-state index is -3.43. The third-order valence-corrected chi connectivity index (χ3v) is 5.55. The molecule has 4 nitrogen and oxygen atoms in total. The fraction of sp³-hybridized carbons (Fsp3) is 0.600. The Balaban J connectivity index is 1.84. The Morgan fingerprint density at radius 1 is 1.19 bits per heavy atom. The standard InChI is InChI=1S/C15H22ClNO3S/c16-14-8-6-12(7-9-14)11-21(19,20)17-10-15(18)13-4-2-1-3-5-13/h6-9,13,15,17-18H,1-5,10-11H2/t15-/m1/s1. The Morgan fingerprint density at radius 2 is 1.81 bits per heavy atom. The average molecular weight is 332 g/mol. The van der Waals surface area contributed by atoms with Gasteiger partial charge in [-0.1, -0.05) is 43.0 Å². The maximum absolute atomic E-state index is 12.0. The third-order valence-electron chi connectivity index (χ3n) is 3.98. The molecule has 1 aliphatic carbocycles. The first-order valence-electron chi connectivity index (χ1n) is 7.36. The van der Waals surface area contributed by atoms with E-state index in [-0.39, 0.29) is 18.2 Å². The Bertz CT molecular complexity index is 539. The summed E-state index contributed by atoms with van der Waals surface area (Å²) in [5.74, 6) is 0.124. The van der Waals surface area contributed by atoms with E-state index in [2.05, 4.69) is 4.72 Å². The number of rotatable bonds is 6. The lowest BCUT2D eigenvalue weighted by Gasteiger charge is -2.26. The summed E-state index contributed by atoms with van der Waals surface area (Å²) in [6, 6.07) is 6.73. The molecule has 0 unspecified atom stereocenters. The van der Waals surface area contributed by atoms with Crippen molar-refractivity contribution in [3.63, 3.8) is 0 Å². The molecule has 0 radical (unpaired) electrons. The van der Waals surface area contributed by atoms with E-state index >= 15 is 0 Å². The molecule has 0 bridgehead atoms. The molecule has 1 fully saturated rings. The van der Waals surface area contributed by atoms with Crippen LogP contribution in [-0.4, -0.2) is 26.2 Å². The van der Waals surface area contributed by atoms with Gasteiger partial charge < -0.3 is 5.11 Å². The van der Waals surface area contributed by atoms with E-state index in [0.29, 0.717) is 10.6 Å². The molecule has 1 aliphatic rings. The molecular weight excluding hydrogens is 310 g/mol.